The Morgan fingerprint density at radius 2 is 1.46 bits per heavy atom. The van der Waals surface area contributed by atoms with Crippen LogP contribution in [0.15, 0.2) is 79.0 Å². The molecule has 3 nitrogen and oxygen atoms in total. The van der Waals surface area contributed by atoms with E-state index in [1.807, 2.05) is 0 Å². The maximum atomic E-state index is 13.7. The molecular formula is C22H16F3N3. The number of halogens is 3. The number of nitrogen functional groups attached to an aromatic ring is 1. The summed E-state index contributed by atoms with van der Waals surface area (Å²) in [6, 6.07) is 20.0. The van der Waals surface area contributed by atoms with Crippen LogP contribution in [0.2, 0.25) is 0 Å². The normalized spacial score (nSPS) is 11.5. The number of hydrogen-bond acceptors (Lipinski definition) is 2. The number of anilines is 1. The quantitative estimate of drug-likeness (QED) is 0.428. The minimum atomic E-state index is -4.47. The molecule has 1 aromatic heterocycles. The smallest absolute Gasteiger partial charge is 0.399 e. The van der Waals surface area contributed by atoms with E-state index in [-0.39, 0.29) is 5.56 Å². The van der Waals surface area contributed by atoms with Crippen LogP contribution in [0, 0.1) is 0 Å². The fourth-order valence-corrected chi connectivity index (χ4v) is 3.07. The van der Waals surface area contributed by atoms with Gasteiger partial charge in [0.1, 0.15) is 5.82 Å². The third-order valence-electron chi connectivity index (χ3n) is 4.48. The van der Waals surface area contributed by atoms with Crippen LogP contribution in [0.25, 0.3) is 33.8 Å². The molecular weight excluding hydrogens is 363 g/mol. The summed E-state index contributed by atoms with van der Waals surface area (Å²) in [6.07, 6.45) is -2.94. The van der Waals surface area contributed by atoms with E-state index in [0.29, 0.717) is 28.3 Å². The predicted octanol–water partition coefficient (Wildman–Crippen LogP) is 6.01. The molecule has 4 aromatic rings. The average molecular weight is 379 g/mol. The van der Waals surface area contributed by atoms with E-state index in [2.05, 4.69) is 9.97 Å². The topological polar surface area (TPSA) is 54.7 Å². The molecule has 140 valence electrons. The van der Waals surface area contributed by atoms with Crippen molar-refractivity contribution in [2.75, 3.05) is 5.73 Å². The van der Waals surface area contributed by atoms with Gasteiger partial charge in [-0.2, -0.15) is 13.2 Å². The molecule has 0 amide bonds. The van der Waals surface area contributed by atoms with Crippen LogP contribution in [0.1, 0.15) is 5.56 Å². The summed E-state index contributed by atoms with van der Waals surface area (Å²) in [7, 11) is 0. The zero-order chi connectivity index (χ0) is 19.7. The number of alkyl halides is 3. The van der Waals surface area contributed by atoms with Crippen LogP contribution < -0.4 is 5.73 Å². The molecule has 0 aliphatic carbocycles. The van der Waals surface area contributed by atoms with Crippen molar-refractivity contribution in [1.82, 2.24) is 9.97 Å². The lowest BCUT2D eigenvalue weighted by atomic mass is 9.96. The lowest BCUT2D eigenvalue weighted by Crippen LogP contribution is -2.07. The largest absolute Gasteiger partial charge is 0.417 e. The predicted molar refractivity (Wildman–Crippen MR) is 104 cm³/mol. The molecule has 1 heterocycles. The summed E-state index contributed by atoms with van der Waals surface area (Å²) >= 11 is 0. The van der Waals surface area contributed by atoms with Crippen molar-refractivity contribution in [2.24, 2.45) is 0 Å². The van der Waals surface area contributed by atoms with E-state index in [1.165, 1.54) is 12.3 Å². The molecule has 0 unspecified atom stereocenters. The van der Waals surface area contributed by atoms with E-state index in [9.17, 15) is 13.2 Å². The second kappa shape index (κ2) is 6.88. The maximum absolute atomic E-state index is 13.7. The molecule has 0 spiro atoms. The molecule has 3 aromatic carbocycles. The number of imidazole rings is 1. The van der Waals surface area contributed by atoms with E-state index < -0.39 is 11.7 Å². The van der Waals surface area contributed by atoms with Gasteiger partial charge in [-0.25, -0.2) is 4.98 Å². The maximum Gasteiger partial charge on any atom is 0.417 e. The van der Waals surface area contributed by atoms with Crippen molar-refractivity contribution in [1.29, 1.82) is 0 Å². The highest BCUT2D eigenvalue weighted by molar-refractivity contribution is 5.74. The number of hydrogen-bond donors (Lipinski definition) is 2. The summed E-state index contributed by atoms with van der Waals surface area (Å²) in [5.41, 5.74) is 8.03. The molecule has 0 aliphatic heterocycles. The highest BCUT2D eigenvalue weighted by atomic mass is 19.4. The van der Waals surface area contributed by atoms with Gasteiger partial charge in [0.15, 0.2) is 0 Å². The Labute approximate surface area is 159 Å². The third-order valence-corrected chi connectivity index (χ3v) is 4.48. The molecule has 0 radical (unpaired) electrons. The van der Waals surface area contributed by atoms with Gasteiger partial charge >= 0.3 is 6.18 Å². The van der Waals surface area contributed by atoms with Gasteiger partial charge < -0.3 is 10.7 Å². The molecule has 3 N–H and O–H groups in total. The molecule has 0 atom stereocenters. The Hall–Kier alpha value is -3.54. The second-order valence-electron chi connectivity index (χ2n) is 6.39. The van der Waals surface area contributed by atoms with E-state index >= 15 is 0 Å². The minimum Gasteiger partial charge on any atom is -0.399 e. The number of benzene rings is 3. The van der Waals surface area contributed by atoms with Gasteiger partial charge in [-0.3, -0.25) is 0 Å². The van der Waals surface area contributed by atoms with Crippen LogP contribution in [0.5, 0.6) is 0 Å². The standard InChI is InChI=1S/C22H16F3N3/c23-22(24,25)19-12-16(8-11-18(19)14-4-2-1-3-5-14)20-13-27-21(28-20)15-6-9-17(26)10-7-15/h1-13H,26H2,(H,27,28). The fourth-order valence-electron chi connectivity index (χ4n) is 3.07. The lowest BCUT2D eigenvalue weighted by Gasteiger charge is -2.14. The summed E-state index contributed by atoms with van der Waals surface area (Å²) in [5.74, 6) is 0.565. The van der Waals surface area contributed by atoms with Gasteiger partial charge in [0.2, 0.25) is 0 Å². The van der Waals surface area contributed by atoms with Crippen LogP contribution in [0.3, 0.4) is 0 Å². The van der Waals surface area contributed by atoms with Crippen molar-refractivity contribution < 1.29 is 13.2 Å². The summed E-state index contributed by atoms with van der Waals surface area (Å²) in [5, 5.41) is 0. The number of H-pyrrole nitrogens is 1. The van der Waals surface area contributed by atoms with Gasteiger partial charge in [0.25, 0.3) is 0 Å². The Kier molecular flexibility index (Phi) is 4.39. The molecule has 28 heavy (non-hydrogen) atoms. The monoisotopic (exact) mass is 379 g/mol. The van der Waals surface area contributed by atoms with Gasteiger partial charge in [-0.1, -0.05) is 42.5 Å². The Balaban J connectivity index is 1.76. The summed E-state index contributed by atoms with van der Waals surface area (Å²) in [6.45, 7) is 0. The average Bonchev–Trinajstić information content (AvgIpc) is 3.18. The number of aromatic amines is 1. The first-order valence-electron chi connectivity index (χ1n) is 8.60. The van der Waals surface area contributed by atoms with Crippen LogP contribution >= 0.6 is 0 Å². The van der Waals surface area contributed by atoms with Gasteiger partial charge in [0, 0.05) is 16.8 Å². The Morgan fingerprint density at radius 1 is 0.786 bits per heavy atom. The second-order valence-corrected chi connectivity index (χ2v) is 6.39. The van der Waals surface area contributed by atoms with Crippen LogP contribution in [-0.4, -0.2) is 9.97 Å². The zero-order valence-electron chi connectivity index (χ0n) is 14.7. The summed E-state index contributed by atoms with van der Waals surface area (Å²) < 4.78 is 41.1. The Bertz CT molecular complexity index is 1100. The van der Waals surface area contributed by atoms with Crippen LogP contribution in [0.4, 0.5) is 18.9 Å². The highest BCUT2D eigenvalue weighted by Gasteiger charge is 2.34. The van der Waals surface area contributed by atoms with Crippen molar-refractivity contribution in [3.8, 4) is 33.8 Å². The van der Waals surface area contributed by atoms with Crippen LogP contribution in [-0.2, 0) is 6.18 Å². The molecule has 4 rings (SSSR count). The Morgan fingerprint density at radius 3 is 2.14 bits per heavy atom. The number of rotatable bonds is 3. The molecule has 0 bridgehead atoms. The molecule has 6 heteroatoms. The van der Waals surface area contributed by atoms with Crippen molar-refractivity contribution >= 4 is 5.69 Å². The zero-order valence-corrected chi connectivity index (χ0v) is 14.7. The van der Waals surface area contributed by atoms with E-state index in [4.69, 9.17) is 5.73 Å². The minimum absolute atomic E-state index is 0.148. The van der Waals surface area contributed by atoms with Gasteiger partial charge in [-0.15, -0.1) is 0 Å². The van der Waals surface area contributed by atoms with E-state index in [0.717, 1.165) is 11.6 Å². The number of nitrogens with zero attached hydrogens (tertiary/aromatic N) is 1. The van der Waals surface area contributed by atoms with Crippen molar-refractivity contribution in [2.45, 2.75) is 6.18 Å². The van der Waals surface area contributed by atoms with E-state index in [1.54, 1.807) is 60.7 Å². The third kappa shape index (κ3) is 3.49. The van der Waals surface area contributed by atoms with Crippen molar-refractivity contribution in [3.63, 3.8) is 0 Å². The molecule has 0 saturated carbocycles. The molecule has 0 fully saturated rings. The van der Waals surface area contributed by atoms with Gasteiger partial charge in [0.05, 0.1) is 17.5 Å². The lowest BCUT2D eigenvalue weighted by molar-refractivity contribution is -0.137. The molecule has 0 saturated heterocycles. The first-order valence-corrected chi connectivity index (χ1v) is 8.60. The van der Waals surface area contributed by atoms with Crippen molar-refractivity contribution in [3.05, 3.63) is 84.6 Å². The number of nitrogens with one attached hydrogen (secondary N) is 1. The first kappa shape index (κ1) is 17.9. The van der Waals surface area contributed by atoms with Gasteiger partial charge in [-0.05, 0) is 41.5 Å². The first-order chi connectivity index (χ1) is 13.4. The fraction of sp³-hybridized carbons (Fsp3) is 0.0455. The number of nitrogens with two attached hydrogens (primary N) is 1. The number of aromatic nitrogens is 2. The SMILES string of the molecule is Nc1ccc(-c2ncc(-c3ccc(-c4ccccc4)c(C(F)(F)F)c3)[nH]2)cc1. The summed E-state index contributed by atoms with van der Waals surface area (Å²) in [4.78, 5) is 7.37. The highest BCUT2D eigenvalue weighted by Crippen LogP contribution is 2.39. The molecule has 0 aliphatic rings.